The molecule has 0 N–H and O–H groups in total. The molecule has 1 amide bonds. The second kappa shape index (κ2) is 5.90. The van der Waals surface area contributed by atoms with Crippen LogP contribution < -0.4 is 4.90 Å². The van der Waals surface area contributed by atoms with Crippen LogP contribution in [0.1, 0.15) is 16.7 Å². The van der Waals surface area contributed by atoms with Crippen LogP contribution in [0.3, 0.4) is 0 Å². The standard InChI is InChI=1S/C17H16BrNO2/c1-12-7-8-14-9-10-19(16(14)15(12)18)17(20)21-11-13-5-3-2-4-6-13/h2-8H,9-11H2,1H3. The van der Waals surface area contributed by atoms with E-state index in [0.717, 1.165) is 27.7 Å². The number of anilines is 1. The van der Waals surface area contributed by atoms with Gasteiger partial charge in [-0.1, -0.05) is 42.5 Å². The van der Waals surface area contributed by atoms with Gasteiger partial charge in [0, 0.05) is 11.0 Å². The van der Waals surface area contributed by atoms with Gasteiger partial charge in [-0.25, -0.2) is 4.79 Å². The lowest BCUT2D eigenvalue weighted by molar-refractivity contribution is 0.147. The van der Waals surface area contributed by atoms with Crippen LogP contribution in [0.15, 0.2) is 46.9 Å². The summed E-state index contributed by atoms with van der Waals surface area (Å²) in [4.78, 5) is 14.0. The molecular weight excluding hydrogens is 330 g/mol. The number of aryl methyl sites for hydroxylation is 1. The number of hydrogen-bond acceptors (Lipinski definition) is 2. The highest BCUT2D eigenvalue weighted by molar-refractivity contribution is 9.10. The Morgan fingerprint density at radius 1 is 1.24 bits per heavy atom. The second-order valence-corrected chi connectivity index (χ2v) is 5.94. The number of hydrogen-bond donors (Lipinski definition) is 0. The third kappa shape index (κ3) is 2.81. The first kappa shape index (κ1) is 14.1. The lowest BCUT2D eigenvalue weighted by Crippen LogP contribution is -2.29. The molecule has 1 aliphatic heterocycles. The van der Waals surface area contributed by atoms with Gasteiger partial charge in [-0.2, -0.15) is 0 Å². The van der Waals surface area contributed by atoms with Gasteiger partial charge in [-0.3, -0.25) is 4.90 Å². The van der Waals surface area contributed by atoms with E-state index >= 15 is 0 Å². The highest BCUT2D eigenvalue weighted by Crippen LogP contribution is 2.37. The Morgan fingerprint density at radius 3 is 2.76 bits per heavy atom. The zero-order valence-electron chi connectivity index (χ0n) is 11.8. The van der Waals surface area contributed by atoms with Crippen molar-refractivity contribution in [3.05, 3.63) is 63.6 Å². The van der Waals surface area contributed by atoms with E-state index in [1.165, 1.54) is 5.56 Å². The van der Waals surface area contributed by atoms with E-state index in [1.54, 1.807) is 4.90 Å². The van der Waals surface area contributed by atoms with E-state index in [9.17, 15) is 4.79 Å². The van der Waals surface area contributed by atoms with E-state index in [-0.39, 0.29) is 6.09 Å². The van der Waals surface area contributed by atoms with Crippen LogP contribution in [-0.4, -0.2) is 12.6 Å². The predicted molar refractivity (Wildman–Crippen MR) is 86.6 cm³/mol. The van der Waals surface area contributed by atoms with Crippen molar-refractivity contribution in [2.75, 3.05) is 11.4 Å². The molecule has 3 nitrogen and oxygen atoms in total. The smallest absolute Gasteiger partial charge is 0.414 e. The maximum Gasteiger partial charge on any atom is 0.414 e. The lowest BCUT2D eigenvalue weighted by atomic mass is 10.1. The van der Waals surface area contributed by atoms with E-state index in [0.29, 0.717) is 13.2 Å². The molecule has 2 aromatic rings. The van der Waals surface area contributed by atoms with Crippen LogP contribution in [-0.2, 0) is 17.8 Å². The first-order chi connectivity index (χ1) is 10.2. The zero-order valence-corrected chi connectivity index (χ0v) is 13.4. The Morgan fingerprint density at radius 2 is 2.00 bits per heavy atom. The average Bonchev–Trinajstić information content (AvgIpc) is 2.94. The van der Waals surface area contributed by atoms with Crippen LogP contribution in [0.4, 0.5) is 10.5 Å². The molecule has 3 rings (SSSR count). The molecule has 21 heavy (non-hydrogen) atoms. The minimum atomic E-state index is -0.288. The van der Waals surface area contributed by atoms with Gasteiger partial charge >= 0.3 is 6.09 Å². The summed E-state index contributed by atoms with van der Waals surface area (Å²) < 4.78 is 6.41. The predicted octanol–water partition coefficient (Wildman–Crippen LogP) is 4.46. The number of rotatable bonds is 2. The van der Waals surface area contributed by atoms with Crippen LogP contribution >= 0.6 is 15.9 Å². The van der Waals surface area contributed by atoms with Crippen molar-refractivity contribution in [3.63, 3.8) is 0 Å². The first-order valence-corrected chi connectivity index (χ1v) is 7.72. The maximum absolute atomic E-state index is 12.3. The van der Waals surface area contributed by atoms with Crippen molar-refractivity contribution in [2.24, 2.45) is 0 Å². The number of carbonyl (C=O) groups excluding carboxylic acids is 1. The molecule has 0 atom stereocenters. The molecule has 0 unspecified atom stereocenters. The minimum Gasteiger partial charge on any atom is -0.444 e. The number of carbonyl (C=O) groups is 1. The molecule has 108 valence electrons. The highest BCUT2D eigenvalue weighted by atomic mass is 79.9. The molecule has 1 heterocycles. The maximum atomic E-state index is 12.3. The van der Waals surface area contributed by atoms with Gasteiger partial charge in [-0.05, 0) is 46.0 Å². The van der Waals surface area contributed by atoms with Gasteiger partial charge in [0.2, 0.25) is 0 Å². The number of halogens is 1. The Balaban J connectivity index is 1.75. The third-order valence-electron chi connectivity index (χ3n) is 3.69. The van der Waals surface area contributed by atoms with E-state index in [1.807, 2.05) is 37.3 Å². The molecule has 0 saturated carbocycles. The van der Waals surface area contributed by atoms with Crippen LogP contribution in [0.25, 0.3) is 0 Å². The number of benzene rings is 2. The van der Waals surface area contributed by atoms with Gasteiger partial charge < -0.3 is 4.74 Å². The van der Waals surface area contributed by atoms with Crippen LogP contribution in [0.5, 0.6) is 0 Å². The molecular formula is C17H16BrNO2. The Kier molecular flexibility index (Phi) is 3.97. The number of amides is 1. The quantitative estimate of drug-likeness (QED) is 0.804. The molecule has 0 aliphatic carbocycles. The average molecular weight is 346 g/mol. The Hall–Kier alpha value is -1.81. The second-order valence-electron chi connectivity index (χ2n) is 5.15. The number of fused-ring (bicyclic) bond motifs is 1. The van der Waals surface area contributed by atoms with Gasteiger partial charge in [0.05, 0.1) is 5.69 Å². The highest BCUT2D eigenvalue weighted by Gasteiger charge is 2.28. The molecule has 0 spiro atoms. The summed E-state index contributed by atoms with van der Waals surface area (Å²) in [6.45, 7) is 3.00. The summed E-state index contributed by atoms with van der Waals surface area (Å²) in [6, 6.07) is 13.9. The van der Waals surface area contributed by atoms with Crippen molar-refractivity contribution in [1.82, 2.24) is 0 Å². The van der Waals surface area contributed by atoms with Crippen molar-refractivity contribution >= 4 is 27.7 Å². The van der Waals surface area contributed by atoms with Crippen LogP contribution in [0, 0.1) is 6.92 Å². The van der Waals surface area contributed by atoms with Crippen molar-refractivity contribution in [1.29, 1.82) is 0 Å². The summed E-state index contributed by atoms with van der Waals surface area (Å²) in [5.41, 5.74) is 4.25. The molecule has 0 radical (unpaired) electrons. The normalized spacial score (nSPS) is 13.1. The minimum absolute atomic E-state index is 0.288. The molecule has 0 saturated heterocycles. The van der Waals surface area contributed by atoms with E-state index in [4.69, 9.17) is 4.74 Å². The Bertz CT molecular complexity index is 670. The largest absolute Gasteiger partial charge is 0.444 e. The fourth-order valence-electron chi connectivity index (χ4n) is 2.52. The molecule has 2 aromatic carbocycles. The summed E-state index contributed by atoms with van der Waals surface area (Å²) in [6.07, 6.45) is 0.582. The molecule has 0 aromatic heterocycles. The summed E-state index contributed by atoms with van der Waals surface area (Å²) >= 11 is 3.59. The first-order valence-electron chi connectivity index (χ1n) is 6.93. The summed E-state index contributed by atoms with van der Waals surface area (Å²) in [5, 5.41) is 0. The fraction of sp³-hybridized carbons (Fsp3) is 0.235. The van der Waals surface area contributed by atoms with Gasteiger partial charge in [0.1, 0.15) is 6.61 Å². The molecule has 4 heteroatoms. The third-order valence-corrected chi connectivity index (χ3v) is 4.69. The molecule has 1 aliphatic rings. The lowest BCUT2D eigenvalue weighted by Gasteiger charge is -2.19. The van der Waals surface area contributed by atoms with Crippen molar-refractivity contribution in [3.8, 4) is 0 Å². The van der Waals surface area contributed by atoms with Gasteiger partial charge in [0.25, 0.3) is 0 Å². The summed E-state index contributed by atoms with van der Waals surface area (Å²) in [7, 11) is 0. The molecule has 0 bridgehead atoms. The monoisotopic (exact) mass is 345 g/mol. The molecule has 0 fully saturated rings. The number of ether oxygens (including phenoxy) is 1. The fourth-order valence-corrected chi connectivity index (χ4v) is 3.12. The topological polar surface area (TPSA) is 29.5 Å². The Labute approximate surface area is 132 Å². The SMILES string of the molecule is Cc1ccc2c(c1Br)N(C(=O)OCc1ccccc1)CC2. The van der Waals surface area contributed by atoms with Gasteiger partial charge in [-0.15, -0.1) is 0 Å². The number of nitrogens with zero attached hydrogens (tertiary/aromatic N) is 1. The van der Waals surface area contributed by atoms with Crippen molar-refractivity contribution in [2.45, 2.75) is 20.0 Å². The van der Waals surface area contributed by atoms with E-state index < -0.39 is 0 Å². The van der Waals surface area contributed by atoms with Crippen molar-refractivity contribution < 1.29 is 9.53 Å². The van der Waals surface area contributed by atoms with E-state index in [2.05, 4.69) is 28.1 Å². The summed E-state index contributed by atoms with van der Waals surface area (Å²) in [5.74, 6) is 0. The zero-order chi connectivity index (χ0) is 14.8. The van der Waals surface area contributed by atoms with Crippen LogP contribution in [0.2, 0.25) is 0 Å². The van der Waals surface area contributed by atoms with Gasteiger partial charge in [0.15, 0.2) is 0 Å².